The SMILES string of the molecule is C=C(C#N)C(=O)OCCCOC(C)C. The molecule has 0 aliphatic rings. The Hall–Kier alpha value is -1.34. The van der Waals surface area contributed by atoms with Crippen molar-refractivity contribution in [1.82, 2.24) is 0 Å². The first-order valence-electron chi connectivity index (χ1n) is 4.45. The molecular weight excluding hydrogens is 182 g/mol. The highest BCUT2D eigenvalue weighted by atomic mass is 16.5. The lowest BCUT2D eigenvalue weighted by molar-refractivity contribution is -0.138. The normalized spacial score (nSPS) is 9.57. The average molecular weight is 197 g/mol. The Kier molecular flexibility index (Phi) is 6.42. The van der Waals surface area contributed by atoms with Crippen LogP contribution in [0, 0.1) is 11.3 Å². The van der Waals surface area contributed by atoms with Crippen LogP contribution in [0.15, 0.2) is 12.2 Å². The molecule has 0 spiro atoms. The van der Waals surface area contributed by atoms with Crippen molar-refractivity contribution in [2.45, 2.75) is 26.4 Å². The van der Waals surface area contributed by atoms with Crippen molar-refractivity contribution in [3.8, 4) is 6.07 Å². The second-order valence-electron chi connectivity index (χ2n) is 3.00. The predicted molar refractivity (Wildman–Crippen MR) is 51.4 cm³/mol. The molecule has 0 aromatic rings. The molecule has 0 aliphatic carbocycles. The van der Waals surface area contributed by atoms with Crippen molar-refractivity contribution < 1.29 is 14.3 Å². The highest BCUT2D eigenvalue weighted by Gasteiger charge is 2.06. The third kappa shape index (κ3) is 6.21. The van der Waals surface area contributed by atoms with Gasteiger partial charge in [-0.3, -0.25) is 0 Å². The molecule has 0 bridgehead atoms. The van der Waals surface area contributed by atoms with E-state index in [4.69, 9.17) is 14.7 Å². The Balaban J connectivity index is 3.42. The maximum absolute atomic E-state index is 10.9. The van der Waals surface area contributed by atoms with Gasteiger partial charge in [-0.05, 0) is 13.8 Å². The molecule has 0 aromatic carbocycles. The van der Waals surface area contributed by atoms with Gasteiger partial charge in [0.1, 0.15) is 11.6 Å². The Morgan fingerprint density at radius 1 is 1.50 bits per heavy atom. The van der Waals surface area contributed by atoms with Crippen molar-refractivity contribution in [2.24, 2.45) is 0 Å². The fourth-order valence-corrected chi connectivity index (χ4v) is 0.676. The summed E-state index contributed by atoms with van der Waals surface area (Å²) < 4.78 is 9.97. The van der Waals surface area contributed by atoms with Gasteiger partial charge < -0.3 is 9.47 Å². The summed E-state index contributed by atoms with van der Waals surface area (Å²) in [4.78, 5) is 10.9. The van der Waals surface area contributed by atoms with Crippen molar-refractivity contribution in [2.75, 3.05) is 13.2 Å². The van der Waals surface area contributed by atoms with E-state index in [0.717, 1.165) is 0 Å². The zero-order valence-electron chi connectivity index (χ0n) is 8.58. The highest BCUT2D eigenvalue weighted by Crippen LogP contribution is 1.95. The molecule has 0 rings (SSSR count). The Morgan fingerprint density at radius 3 is 2.64 bits per heavy atom. The molecular formula is C10H15NO3. The number of hydrogen-bond donors (Lipinski definition) is 0. The monoisotopic (exact) mass is 197 g/mol. The van der Waals surface area contributed by atoms with Gasteiger partial charge in [0.2, 0.25) is 0 Å². The fraction of sp³-hybridized carbons (Fsp3) is 0.600. The standard InChI is InChI=1S/C10H15NO3/c1-8(2)13-5-4-6-14-10(12)9(3)7-11/h8H,3-6H2,1-2H3. The summed E-state index contributed by atoms with van der Waals surface area (Å²) in [5.74, 6) is -0.656. The zero-order chi connectivity index (χ0) is 11.0. The van der Waals surface area contributed by atoms with Crippen LogP contribution in [0.4, 0.5) is 0 Å². The Morgan fingerprint density at radius 2 is 2.14 bits per heavy atom. The van der Waals surface area contributed by atoms with Crippen LogP contribution in [-0.4, -0.2) is 25.3 Å². The second-order valence-corrected chi connectivity index (χ2v) is 3.00. The number of nitrogens with zero attached hydrogens (tertiary/aromatic N) is 1. The van der Waals surface area contributed by atoms with Gasteiger partial charge in [0, 0.05) is 6.42 Å². The summed E-state index contributed by atoms with van der Waals surface area (Å²) in [6.07, 6.45) is 0.808. The molecule has 0 fully saturated rings. The number of hydrogen-bond acceptors (Lipinski definition) is 4. The minimum Gasteiger partial charge on any atom is -0.461 e. The smallest absolute Gasteiger partial charge is 0.348 e. The van der Waals surface area contributed by atoms with Gasteiger partial charge in [-0.2, -0.15) is 5.26 Å². The molecule has 0 saturated heterocycles. The van der Waals surface area contributed by atoms with Crippen LogP contribution >= 0.6 is 0 Å². The molecule has 0 amide bonds. The first-order chi connectivity index (χ1) is 6.57. The van der Waals surface area contributed by atoms with Gasteiger partial charge in [0.25, 0.3) is 0 Å². The largest absolute Gasteiger partial charge is 0.461 e. The van der Waals surface area contributed by atoms with Crippen LogP contribution in [0.25, 0.3) is 0 Å². The van der Waals surface area contributed by atoms with E-state index in [-0.39, 0.29) is 18.3 Å². The number of esters is 1. The summed E-state index contributed by atoms with van der Waals surface area (Å²) >= 11 is 0. The van der Waals surface area contributed by atoms with Gasteiger partial charge in [0.15, 0.2) is 0 Å². The molecule has 0 radical (unpaired) electrons. The van der Waals surface area contributed by atoms with E-state index in [9.17, 15) is 4.79 Å². The Labute approximate surface area is 84.1 Å². The lowest BCUT2D eigenvalue weighted by atomic mass is 10.3. The van der Waals surface area contributed by atoms with Gasteiger partial charge in [0.05, 0.1) is 19.3 Å². The molecule has 14 heavy (non-hydrogen) atoms. The highest BCUT2D eigenvalue weighted by molar-refractivity contribution is 5.91. The van der Waals surface area contributed by atoms with Crippen LogP contribution in [0.2, 0.25) is 0 Å². The fourth-order valence-electron chi connectivity index (χ4n) is 0.676. The van der Waals surface area contributed by atoms with Crippen LogP contribution in [0.5, 0.6) is 0 Å². The van der Waals surface area contributed by atoms with E-state index in [1.54, 1.807) is 6.07 Å². The van der Waals surface area contributed by atoms with E-state index in [0.29, 0.717) is 13.0 Å². The lowest BCUT2D eigenvalue weighted by Gasteiger charge is -2.07. The topological polar surface area (TPSA) is 59.3 Å². The van der Waals surface area contributed by atoms with E-state index < -0.39 is 5.97 Å². The van der Waals surface area contributed by atoms with Crippen molar-refractivity contribution in [3.63, 3.8) is 0 Å². The van der Waals surface area contributed by atoms with Gasteiger partial charge in [-0.1, -0.05) is 6.58 Å². The minimum atomic E-state index is -0.656. The number of rotatable bonds is 6. The summed E-state index contributed by atoms with van der Waals surface area (Å²) in [6, 6.07) is 1.62. The minimum absolute atomic E-state index is 0.172. The maximum atomic E-state index is 10.9. The van der Waals surface area contributed by atoms with E-state index >= 15 is 0 Å². The third-order valence-corrected chi connectivity index (χ3v) is 1.35. The number of carbonyl (C=O) groups excluding carboxylic acids is 1. The Bertz CT molecular complexity index is 240. The van der Waals surface area contributed by atoms with Crippen molar-refractivity contribution in [1.29, 1.82) is 5.26 Å². The summed E-state index contributed by atoms with van der Waals surface area (Å²) in [5, 5.41) is 8.31. The second kappa shape index (κ2) is 7.10. The zero-order valence-corrected chi connectivity index (χ0v) is 8.58. The molecule has 0 aromatic heterocycles. The van der Waals surface area contributed by atoms with Crippen molar-refractivity contribution in [3.05, 3.63) is 12.2 Å². The van der Waals surface area contributed by atoms with Crippen LogP contribution in [-0.2, 0) is 14.3 Å². The maximum Gasteiger partial charge on any atom is 0.348 e. The summed E-state index contributed by atoms with van der Waals surface area (Å²) in [5.41, 5.74) is -0.172. The van der Waals surface area contributed by atoms with Crippen LogP contribution in [0.3, 0.4) is 0 Å². The molecule has 0 atom stereocenters. The molecule has 0 N–H and O–H groups in total. The molecule has 0 aliphatic heterocycles. The van der Waals surface area contributed by atoms with Crippen LogP contribution in [0.1, 0.15) is 20.3 Å². The lowest BCUT2D eigenvalue weighted by Crippen LogP contribution is -2.10. The average Bonchev–Trinajstić information content (AvgIpc) is 2.15. The summed E-state index contributed by atoms with van der Waals surface area (Å²) in [7, 11) is 0. The van der Waals surface area contributed by atoms with Crippen LogP contribution < -0.4 is 0 Å². The van der Waals surface area contributed by atoms with Gasteiger partial charge in [-0.15, -0.1) is 0 Å². The van der Waals surface area contributed by atoms with E-state index in [1.807, 2.05) is 13.8 Å². The van der Waals surface area contributed by atoms with E-state index in [2.05, 4.69) is 6.58 Å². The van der Waals surface area contributed by atoms with Crippen molar-refractivity contribution >= 4 is 5.97 Å². The molecule has 4 heteroatoms. The van der Waals surface area contributed by atoms with Gasteiger partial charge >= 0.3 is 5.97 Å². The first kappa shape index (κ1) is 12.7. The number of nitriles is 1. The van der Waals surface area contributed by atoms with E-state index in [1.165, 1.54) is 0 Å². The number of carbonyl (C=O) groups is 1. The summed E-state index contributed by atoms with van der Waals surface area (Å²) in [6.45, 7) is 7.90. The predicted octanol–water partition coefficient (Wildman–Crippen LogP) is 1.42. The molecule has 4 nitrogen and oxygen atoms in total. The molecule has 0 unspecified atom stereocenters. The first-order valence-corrected chi connectivity index (χ1v) is 4.45. The van der Waals surface area contributed by atoms with Gasteiger partial charge in [-0.25, -0.2) is 4.79 Å². The molecule has 0 saturated carbocycles. The number of ether oxygens (including phenoxy) is 2. The third-order valence-electron chi connectivity index (χ3n) is 1.35. The quantitative estimate of drug-likeness (QED) is 0.280. The molecule has 78 valence electrons. The molecule has 0 heterocycles.